The Kier molecular flexibility index (Phi) is 5.32. The summed E-state index contributed by atoms with van der Waals surface area (Å²) in [5, 5.41) is 7.00. The summed E-state index contributed by atoms with van der Waals surface area (Å²) in [4.78, 5) is 0. The van der Waals surface area contributed by atoms with Crippen LogP contribution in [0.25, 0.3) is 0 Å². The first-order valence-electron chi connectivity index (χ1n) is 5.09. The molecule has 0 saturated carbocycles. The third-order valence-electron chi connectivity index (χ3n) is 2.14. The Labute approximate surface area is 90.6 Å². The Bertz CT molecular complexity index is 253. The third kappa shape index (κ3) is 3.63. The summed E-state index contributed by atoms with van der Waals surface area (Å²) in [6.07, 6.45) is -0.155. The molecule has 1 aromatic carbocycles. The molecule has 1 saturated heterocycles. The van der Waals surface area contributed by atoms with Crippen LogP contribution in [0, 0.1) is 5.92 Å². The summed E-state index contributed by atoms with van der Waals surface area (Å²) in [7, 11) is 1.00. The van der Waals surface area contributed by atoms with Crippen LogP contribution in [0.4, 0.5) is 0 Å². The van der Waals surface area contributed by atoms with Crippen molar-refractivity contribution in [3.8, 4) is 0 Å². The van der Waals surface area contributed by atoms with Gasteiger partial charge in [-0.2, -0.15) is 0 Å². The van der Waals surface area contributed by atoms with E-state index < -0.39 is 0 Å². The summed E-state index contributed by atoms with van der Waals surface area (Å²) < 4.78 is 11.1. The second-order valence-corrected chi connectivity index (χ2v) is 3.51. The van der Waals surface area contributed by atoms with E-state index in [2.05, 4.69) is 6.92 Å². The second-order valence-electron chi connectivity index (χ2n) is 3.51. The van der Waals surface area contributed by atoms with Crippen LogP contribution in [0.5, 0.6) is 0 Å². The highest BCUT2D eigenvalue weighted by atomic mass is 16.7. The van der Waals surface area contributed by atoms with E-state index in [9.17, 15) is 0 Å². The van der Waals surface area contributed by atoms with Crippen molar-refractivity contribution >= 4 is 0 Å². The van der Waals surface area contributed by atoms with Gasteiger partial charge in [0, 0.05) is 18.6 Å². The lowest BCUT2D eigenvalue weighted by molar-refractivity contribution is -0.202. The highest BCUT2D eigenvalue weighted by molar-refractivity contribution is 5.16. The summed E-state index contributed by atoms with van der Waals surface area (Å²) in [6, 6.07) is 10.1. The molecule has 1 aliphatic heterocycles. The first kappa shape index (κ1) is 12.2. The van der Waals surface area contributed by atoms with E-state index in [0.717, 1.165) is 25.9 Å². The van der Waals surface area contributed by atoms with Crippen molar-refractivity contribution in [2.45, 2.75) is 13.2 Å². The normalized spacial score (nSPS) is 25.3. The maximum Gasteiger partial charge on any atom is 0.183 e. The van der Waals surface area contributed by atoms with E-state index in [1.165, 1.54) is 0 Å². The molecule has 0 unspecified atom stereocenters. The number of hydrogen-bond acceptors (Lipinski definition) is 3. The SMILES string of the molecule is CC1COC(c2ccccc2)OC1.CO. The predicted molar refractivity (Wildman–Crippen MR) is 58.4 cm³/mol. The lowest BCUT2D eigenvalue weighted by Crippen LogP contribution is -2.24. The topological polar surface area (TPSA) is 38.7 Å². The first-order chi connectivity index (χ1) is 7.36. The van der Waals surface area contributed by atoms with Crippen LogP contribution in [0.15, 0.2) is 30.3 Å². The Morgan fingerprint density at radius 2 is 1.60 bits per heavy atom. The molecule has 1 aromatic rings. The van der Waals surface area contributed by atoms with Crippen LogP contribution in [0.1, 0.15) is 18.8 Å². The number of aliphatic hydroxyl groups is 1. The number of benzene rings is 1. The zero-order chi connectivity index (χ0) is 11.1. The Morgan fingerprint density at radius 3 is 2.13 bits per heavy atom. The molecule has 84 valence electrons. The summed E-state index contributed by atoms with van der Waals surface area (Å²) >= 11 is 0. The van der Waals surface area contributed by atoms with E-state index >= 15 is 0 Å². The molecule has 3 heteroatoms. The Hall–Kier alpha value is -0.900. The average molecular weight is 210 g/mol. The van der Waals surface area contributed by atoms with Gasteiger partial charge in [0.05, 0.1) is 13.2 Å². The van der Waals surface area contributed by atoms with Crippen molar-refractivity contribution in [2.24, 2.45) is 5.92 Å². The highest BCUT2D eigenvalue weighted by Crippen LogP contribution is 2.24. The molecule has 0 spiro atoms. The summed E-state index contributed by atoms with van der Waals surface area (Å²) in [5.41, 5.74) is 1.11. The molecule has 1 fully saturated rings. The van der Waals surface area contributed by atoms with Gasteiger partial charge in [0.15, 0.2) is 6.29 Å². The maximum atomic E-state index is 7.00. The lowest BCUT2D eigenvalue weighted by Gasteiger charge is -2.27. The van der Waals surface area contributed by atoms with E-state index in [1.54, 1.807) is 0 Å². The van der Waals surface area contributed by atoms with Crippen LogP contribution < -0.4 is 0 Å². The minimum absolute atomic E-state index is 0.155. The van der Waals surface area contributed by atoms with E-state index in [0.29, 0.717) is 5.92 Å². The van der Waals surface area contributed by atoms with Crippen molar-refractivity contribution in [1.29, 1.82) is 0 Å². The molecule has 2 rings (SSSR count). The van der Waals surface area contributed by atoms with Crippen LogP contribution in [-0.4, -0.2) is 25.4 Å². The van der Waals surface area contributed by atoms with Crippen LogP contribution in [0.3, 0.4) is 0 Å². The van der Waals surface area contributed by atoms with Gasteiger partial charge in [-0.3, -0.25) is 0 Å². The molecule has 15 heavy (non-hydrogen) atoms. The van der Waals surface area contributed by atoms with Gasteiger partial charge in [-0.05, 0) is 0 Å². The predicted octanol–water partition coefficient (Wildman–Crippen LogP) is 1.98. The van der Waals surface area contributed by atoms with Crippen molar-refractivity contribution in [3.63, 3.8) is 0 Å². The standard InChI is InChI=1S/C11H14O2.CH4O/c1-9-7-12-11(13-8-9)10-5-3-2-4-6-10;1-2/h2-6,9,11H,7-8H2,1H3;2H,1H3. The molecular formula is C12H18O3. The second kappa shape index (κ2) is 6.56. The zero-order valence-corrected chi connectivity index (χ0v) is 9.22. The molecule has 1 N–H and O–H groups in total. The monoisotopic (exact) mass is 210 g/mol. The molecule has 1 heterocycles. The fourth-order valence-corrected chi connectivity index (χ4v) is 1.40. The lowest BCUT2D eigenvalue weighted by atomic mass is 10.1. The van der Waals surface area contributed by atoms with E-state index in [4.69, 9.17) is 14.6 Å². The van der Waals surface area contributed by atoms with Gasteiger partial charge in [0.2, 0.25) is 0 Å². The molecule has 0 radical (unpaired) electrons. The van der Waals surface area contributed by atoms with Crippen molar-refractivity contribution in [3.05, 3.63) is 35.9 Å². The Balaban J connectivity index is 0.000000531. The van der Waals surface area contributed by atoms with Crippen molar-refractivity contribution in [1.82, 2.24) is 0 Å². The van der Waals surface area contributed by atoms with Gasteiger partial charge in [-0.1, -0.05) is 37.3 Å². The largest absolute Gasteiger partial charge is 0.400 e. The molecular weight excluding hydrogens is 192 g/mol. The molecule has 0 aromatic heterocycles. The van der Waals surface area contributed by atoms with E-state index in [-0.39, 0.29) is 6.29 Å². The van der Waals surface area contributed by atoms with Gasteiger partial charge in [-0.25, -0.2) is 0 Å². The van der Waals surface area contributed by atoms with Crippen LogP contribution >= 0.6 is 0 Å². The van der Waals surface area contributed by atoms with Gasteiger partial charge < -0.3 is 14.6 Å². The van der Waals surface area contributed by atoms with E-state index in [1.807, 2.05) is 30.3 Å². The fourth-order valence-electron chi connectivity index (χ4n) is 1.40. The molecule has 1 aliphatic rings. The highest BCUT2D eigenvalue weighted by Gasteiger charge is 2.19. The maximum absolute atomic E-state index is 7.00. The molecule has 0 bridgehead atoms. The minimum Gasteiger partial charge on any atom is -0.400 e. The quantitative estimate of drug-likeness (QED) is 0.770. The third-order valence-corrected chi connectivity index (χ3v) is 2.14. The number of ether oxygens (including phenoxy) is 2. The van der Waals surface area contributed by atoms with Crippen molar-refractivity contribution < 1.29 is 14.6 Å². The minimum atomic E-state index is -0.155. The fraction of sp³-hybridized carbons (Fsp3) is 0.500. The first-order valence-corrected chi connectivity index (χ1v) is 5.09. The van der Waals surface area contributed by atoms with Crippen LogP contribution in [-0.2, 0) is 9.47 Å². The van der Waals surface area contributed by atoms with Gasteiger partial charge in [0.25, 0.3) is 0 Å². The molecule has 3 nitrogen and oxygen atoms in total. The molecule has 0 amide bonds. The molecule has 0 aliphatic carbocycles. The number of aliphatic hydroxyl groups excluding tert-OH is 1. The number of hydrogen-bond donors (Lipinski definition) is 1. The van der Waals surface area contributed by atoms with Gasteiger partial charge in [0.1, 0.15) is 0 Å². The summed E-state index contributed by atoms with van der Waals surface area (Å²) in [5.74, 6) is 0.514. The van der Waals surface area contributed by atoms with Crippen LogP contribution in [0.2, 0.25) is 0 Å². The van der Waals surface area contributed by atoms with Gasteiger partial charge in [-0.15, -0.1) is 0 Å². The zero-order valence-electron chi connectivity index (χ0n) is 9.22. The average Bonchev–Trinajstić information content (AvgIpc) is 2.34. The summed E-state index contributed by atoms with van der Waals surface area (Å²) in [6.45, 7) is 3.71. The molecule has 0 atom stereocenters. The van der Waals surface area contributed by atoms with Gasteiger partial charge >= 0.3 is 0 Å². The van der Waals surface area contributed by atoms with Crippen molar-refractivity contribution in [2.75, 3.05) is 20.3 Å². The smallest absolute Gasteiger partial charge is 0.183 e. The number of rotatable bonds is 1. The Morgan fingerprint density at radius 1 is 1.07 bits per heavy atom.